The molecule has 2 heterocycles. The standard InChI is InChI=1S/C10H10BrN3S/c1-7-2-8(6-15-7)3-13-10-5-12-9(11)4-14-10/h2,4-6H,3H2,1H3,(H,13,14). The van der Waals surface area contributed by atoms with Gasteiger partial charge in [-0.2, -0.15) is 0 Å². The number of anilines is 1. The zero-order valence-electron chi connectivity index (χ0n) is 8.20. The second-order valence-corrected chi connectivity index (χ2v) is 5.07. The van der Waals surface area contributed by atoms with Crippen LogP contribution in [-0.4, -0.2) is 9.97 Å². The molecule has 0 radical (unpaired) electrons. The predicted octanol–water partition coefficient (Wildman–Crippen LogP) is 3.22. The maximum absolute atomic E-state index is 4.18. The zero-order chi connectivity index (χ0) is 10.7. The highest BCUT2D eigenvalue weighted by molar-refractivity contribution is 9.10. The molecule has 0 amide bonds. The summed E-state index contributed by atoms with van der Waals surface area (Å²) in [5, 5.41) is 5.36. The first kappa shape index (κ1) is 10.6. The summed E-state index contributed by atoms with van der Waals surface area (Å²) in [6, 6.07) is 2.17. The van der Waals surface area contributed by atoms with E-state index in [1.54, 1.807) is 23.7 Å². The highest BCUT2D eigenvalue weighted by atomic mass is 79.9. The van der Waals surface area contributed by atoms with E-state index in [4.69, 9.17) is 0 Å². The van der Waals surface area contributed by atoms with Gasteiger partial charge in [0.2, 0.25) is 0 Å². The van der Waals surface area contributed by atoms with Crippen LogP contribution in [-0.2, 0) is 6.54 Å². The third-order valence-electron chi connectivity index (χ3n) is 1.88. The van der Waals surface area contributed by atoms with Crippen molar-refractivity contribution in [2.24, 2.45) is 0 Å². The van der Waals surface area contributed by atoms with Crippen LogP contribution in [0.5, 0.6) is 0 Å². The minimum absolute atomic E-state index is 0.749. The van der Waals surface area contributed by atoms with Gasteiger partial charge in [0.1, 0.15) is 10.4 Å². The van der Waals surface area contributed by atoms with Crippen LogP contribution in [0, 0.1) is 6.92 Å². The molecule has 0 saturated carbocycles. The Kier molecular flexibility index (Phi) is 3.33. The largest absolute Gasteiger partial charge is 0.365 e. The number of thiophene rings is 1. The van der Waals surface area contributed by atoms with E-state index in [1.165, 1.54) is 10.4 Å². The van der Waals surface area contributed by atoms with Gasteiger partial charge in [0, 0.05) is 11.4 Å². The summed E-state index contributed by atoms with van der Waals surface area (Å²) in [7, 11) is 0. The van der Waals surface area contributed by atoms with Crippen molar-refractivity contribution in [1.29, 1.82) is 0 Å². The Labute approximate surface area is 101 Å². The van der Waals surface area contributed by atoms with Crippen molar-refractivity contribution in [3.05, 3.63) is 38.9 Å². The lowest BCUT2D eigenvalue weighted by atomic mass is 10.3. The maximum atomic E-state index is 4.18. The molecule has 0 bridgehead atoms. The normalized spacial score (nSPS) is 10.3. The molecule has 3 nitrogen and oxygen atoms in total. The van der Waals surface area contributed by atoms with E-state index in [9.17, 15) is 0 Å². The average molecular weight is 284 g/mol. The van der Waals surface area contributed by atoms with Crippen LogP contribution < -0.4 is 5.32 Å². The summed E-state index contributed by atoms with van der Waals surface area (Å²) in [5.41, 5.74) is 1.28. The first-order valence-electron chi connectivity index (χ1n) is 4.49. The third-order valence-corrected chi connectivity index (χ3v) is 3.20. The molecule has 2 rings (SSSR count). The van der Waals surface area contributed by atoms with Gasteiger partial charge in [0.05, 0.1) is 12.4 Å². The van der Waals surface area contributed by atoms with Gasteiger partial charge < -0.3 is 5.32 Å². The van der Waals surface area contributed by atoms with Gasteiger partial charge >= 0.3 is 0 Å². The lowest BCUT2D eigenvalue weighted by Crippen LogP contribution is -2.00. The van der Waals surface area contributed by atoms with E-state index in [0.717, 1.165) is 17.0 Å². The molecule has 2 aromatic rings. The number of hydrogen-bond acceptors (Lipinski definition) is 4. The Morgan fingerprint density at radius 3 is 2.87 bits per heavy atom. The first-order chi connectivity index (χ1) is 7.24. The summed E-state index contributed by atoms with van der Waals surface area (Å²) in [4.78, 5) is 9.60. The minimum Gasteiger partial charge on any atom is -0.365 e. The van der Waals surface area contributed by atoms with Crippen LogP contribution in [0.3, 0.4) is 0 Å². The smallest absolute Gasteiger partial charge is 0.144 e. The molecule has 0 aliphatic heterocycles. The second kappa shape index (κ2) is 4.72. The summed E-state index contributed by atoms with van der Waals surface area (Å²) in [6.07, 6.45) is 3.39. The van der Waals surface area contributed by atoms with E-state index in [2.05, 4.69) is 49.6 Å². The van der Waals surface area contributed by atoms with Crippen molar-refractivity contribution in [2.75, 3.05) is 5.32 Å². The predicted molar refractivity (Wildman–Crippen MR) is 66.1 cm³/mol. The number of nitrogens with one attached hydrogen (secondary N) is 1. The monoisotopic (exact) mass is 283 g/mol. The molecular formula is C10H10BrN3S. The number of rotatable bonds is 3. The first-order valence-corrected chi connectivity index (χ1v) is 6.17. The topological polar surface area (TPSA) is 37.8 Å². The van der Waals surface area contributed by atoms with Crippen LogP contribution in [0.25, 0.3) is 0 Å². The number of hydrogen-bond donors (Lipinski definition) is 1. The summed E-state index contributed by atoms with van der Waals surface area (Å²) < 4.78 is 0.749. The summed E-state index contributed by atoms with van der Waals surface area (Å²) in [6.45, 7) is 2.90. The fourth-order valence-corrected chi connectivity index (χ4v) is 2.10. The van der Waals surface area contributed by atoms with Crippen molar-refractivity contribution < 1.29 is 0 Å². The number of aryl methyl sites for hydroxylation is 1. The van der Waals surface area contributed by atoms with E-state index in [-0.39, 0.29) is 0 Å². The molecule has 0 spiro atoms. The zero-order valence-corrected chi connectivity index (χ0v) is 10.6. The third kappa shape index (κ3) is 3.00. The van der Waals surface area contributed by atoms with Crippen LogP contribution in [0.15, 0.2) is 28.4 Å². The molecular weight excluding hydrogens is 274 g/mol. The maximum Gasteiger partial charge on any atom is 0.144 e. The highest BCUT2D eigenvalue weighted by Crippen LogP contribution is 2.14. The molecule has 5 heteroatoms. The van der Waals surface area contributed by atoms with E-state index in [0.29, 0.717) is 0 Å². The number of nitrogens with zero attached hydrogens (tertiary/aromatic N) is 2. The van der Waals surface area contributed by atoms with Crippen LogP contribution >= 0.6 is 27.3 Å². The summed E-state index contributed by atoms with van der Waals surface area (Å²) in [5.74, 6) is 0.794. The van der Waals surface area contributed by atoms with Gasteiger partial charge in [-0.15, -0.1) is 11.3 Å². The molecule has 0 saturated heterocycles. The van der Waals surface area contributed by atoms with Crippen molar-refractivity contribution >= 4 is 33.1 Å². The average Bonchev–Trinajstić information content (AvgIpc) is 2.64. The van der Waals surface area contributed by atoms with Gasteiger partial charge in [-0.05, 0) is 39.9 Å². The van der Waals surface area contributed by atoms with Crippen molar-refractivity contribution in [1.82, 2.24) is 9.97 Å². The summed E-state index contributed by atoms with van der Waals surface area (Å²) >= 11 is 5.00. The van der Waals surface area contributed by atoms with Gasteiger partial charge in [0.25, 0.3) is 0 Å². The van der Waals surface area contributed by atoms with E-state index in [1.807, 2.05) is 0 Å². The van der Waals surface area contributed by atoms with Gasteiger partial charge in [0.15, 0.2) is 0 Å². The van der Waals surface area contributed by atoms with Crippen molar-refractivity contribution in [2.45, 2.75) is 13.5 Å². The molecule has 78 valence electrons. The molecule has 0 aromatic carbocycles. The molecule has 0 atom stereocenters. The Bertz CT molecular complexity index is 438. The van der Waals surface area contributed by atoms with Crippen LogP contribution in [0.2, 0.25) is 0 Å². The minimum atomic E-state index is 0.749. The van der Waals surface area contributed by atoms with Gasteiger partial charge in [-0.25, -0.2) is 9.97 Å². The molecule has 0 aliphatic rings. The fraction of sp³-hybridized carbons (Fsp3) is 0.200. The Morgan fingerprint density at radius 2 is 2.27 bits per heavy atom. The van der Waals surface area contributed by atoms with E-state index < -0.39 is 0 Å². The van der Waals surface area contributed by atoms with Gasteiger partial charge in [-0.3, -0.25) is 0 Å². The quantitative estimate of drug-likeness (QED) is 0.940. The highest BCUT2D eigenvalue weighted by Gasteiger charge is 1.97. The second-order valence-electron chi connectivity index (χ2n) is 3.14. The number of aromatic nitrogens is 2. The Morgan fingerprint density at radius 1 is 1.40 bits per heavy atom. The van der Waals surface area contributed by atoms with Crippen LogP contribution in [0.1, 0.15) is 10.4 Å². The lowest BCUT2D eigenvalue weighted by molar-refractivity contribution is 1.08. The lowest BCUT2D eigenvalue weighted by Gasteiger charge is -2.02. The van der Waals surface area contributed by atoms with Gasteiger partial charge in [-0.1, -0.05) is 0 Å². The Balaban J connectivity index is 1.96. The molecule has 0 unspecified atom stereocenters. The number of halogens is 1. The molecule has 1 N–H and O–H groups in total. The van der Waals surface area contributed by atoms with Crippen LogP contribution in [0.4, 0.5) is 5.82 Å². The fourth-order valence-electron chi connectivity index (χ4n) is 1.19. The SMILES string of the molecule is Cc1cc(CNc2cnc(Br)cn2)cs1. The Hall–Kier alpha value is -0.940. The molecule has 0 aliphatic carbocycles. The molecule has 0 fully saturated rings. The van der Waals surface area contributed by atoms with E-state index >= 15 is 0 Å². The molecule has 2 aromatic heterocycles. The van der Waals surface area contributed by atoms with Crippen molar-refractivity contribution in [3.63, 3.8) is 0 Å². The molecule has 15 heavy (non-hydrogen) atoms. The van der Waals surface area contributed by atoms with Crippen molar-refractivity contribution in [3.8, 4) is 0 Å².